The van der Waals surface area contributed by atoms with Crippen molar-refractivity contribution >= 4 is 18.0 Å². The number of alkyl carbamates (subject to hydrolysis) is 1. The second kappa shape index (κ2) is 9.90. The molecule has 1 aliphatic carbocycles. The molecule has 0 saturated carbocycles. The van der Waals surface area contributed by atoms with Gasteiger partial charge in [-0.25, -0.2) is 19.6 Å². The first-order chi connectivity index (χ1) is 16.8. The number of carbonyl (C=O) groups is 3. The lowest BCUT2D eigenvalue weighted by atomic mass is 9.98. The van der Waals surface area contributed by atoms with Crippen LogP contribution in [0.1, 0.15) is 40.2 Å². The molecule has 10 heteroatoms. The Morgan fingerprint density at radius 1 is 1.00 bits per heavy atom. The molecule has 4 rings (SSSR count). The molecule has 1 aromatic heterocycles. The standard InChI is InChI=1S/C25H24N4O6/c1-25(14-30,23(32)33)29-22(31)15-10-26-21(27-11-15)12-28-24(34)35-13-20-18-8-4-2-6-16(18)17-7-3-5-9-19(17)20/h2-11,20,30H,12-14H2,1H3,(H,28,34)(H,29,31)(H,32,33). The molecule has 1 aliphatic rings. The number of aliphatic hydroxyl groups is 1. The Labute approximate surface area is 201 Å². The number of benzene rings is 2. The van der Waals surface area contributed by atoms with E-state index in [1.807, 2.05) is 36.4 Å². The van der Waals surface area contributed by atoms with Gasteiger partial charge in [0.25, 0.3) is 5.91 Å². The first kappa shape index (κ1) is 23.8. The highest BCUT2D eigenvalue weighted by Crippen LogP contribution is 2.44. The highest BCUT2D eigenvalue weighted by atomic mass is 16.5. The molecule has 0 radical (unpaired) electrons. The van der Waals surface area contributed by atoms with E-state index in [1.54, 1.807) is 0 Å². The first-order valence-corrected chi connectivity index (χ1v) is 10.9. The fraction of sp³-hybridized carbons (Fsp3) is 0.240. The van der Waals surface area contributed by atoms with Gasteiger partial charge >= 0.3 is 12.1 Å². The van der Waals surface area contributed by atoms with Crippen LogP contribution < -0.4 is 10.6 Å². The minimum Gasteiger partial charge on any atom is -0.479 e. The number of carbonyl (C=O) groups excluding carboxylic acids is 2. The number of hydrogen-bond donors (Lipinski definition) is 4. The maximum Gasteiger partial charge on any atom is 0.407 e. The molecule has 3 aromatic rings. The lowest BCUT2D eigenvalue weighted by molar-refractivity contribution is -0.145. The molecule has 0 aliphatic heterocycles. The van der Waals surface area contributed by atoms with Crippen molar-refractivity contribution in [2.24, 2.45) is 0 Å². The van der Waals surface area contributed by atoms with Crippen LogP contribution in [-0.4, -0.2) is 56.9 Å². The van der Waals surface area contributed by atoms with Gasteiger partial charge in [0.1, 0.15) is 12.4 Å². The SMILES string of the molecule is CC(CO)(NC(=O)c1cnc(CNC(=O)OCC2c3ccccc3-c3ccccc32)nc1)C(=O)O. The van der Waals surface area contributed by atoms with Crippen molar-refractivity contribution in [2.75, 3.05) is 13.2 Å². The molecule has 2 aromatic carbocycles. The molecule has 2 amide bonds. The van der Waals surface area contributed by atoms with Crippen molar-refractivity contribution in [1.29, 1.82) is 0 Å². The Morgan fingerprint density at radius 3 is 2.11 bits per heavy atom. The molecule has 1 atom stereocenters. The molecule has 4 N–H and O–H groups in total. The maximum atomic E-state index is 12.3. The van der Waals surface area contributed by atoms with E-state index in [4.69, 9.17) is 9.84 Å². The quantitative estimate of drug-likeness (QED) is 0.386. The Hall–Kier alpha value is -4.31. The fourth-order valence-corrected chi connectivity index (χ4v) is 3.85. The molecule has 10 nitrogen and oxygen atoms in total. The lowest BCUT2D eigenvalue weighted by Gasteiger charge is -2.23. The number of hydrogen-bond acceptors (Lipinski definition) is 7. The van der Waals surface area contributed by atoms with Gasteiger partial charge in [-0.15, -0.1) is 0 Å². The number of nitrogens with one attached hydrogen (secondary N) is 2. The largest absolute Gasteiger partial charge is 0.479 e. The van der Waals surface area contributed by atoms with Crippen LogP contribution in [0.3, 0.4) is 0 Å². The van der Waals surface area contributed by atoms with Crippen molar-refractivity contribution in [3.8, 4) is 11.1 Å². The van der Waals surface area contributed by atoms with Gasteiger partial charge in [0.2, 0.25) is 0 Å². The number of fused-ring (bicyclic) bond motifs is 3. The summed E-state index contributed by atoms with van der Waals surface area (Å²) in [6.45, 7) is 0.549. The highest BCUT2D eigenvalue weighted by Gasteiger charge is 2.34. The van der Waals surface area contributed by atoms with Gasteiger partial charge < -0.3 is 25.6 Å². The minimum absolute atomic E-state index is 0.0100. The van der Waals surface area contributed by atoms with Crippen LogP contribution in [0, 0.1) is 0 Å². The lowest BCUT2D eigenvalue weighted by Crippen LogP contribution is -2.54. The topological polar surface area (TPSA) is 151 Å². The van der Waals surface area contributed by atoms with E-state index < -0.39 is 30.1 Å². The summed E-state index contributed by atoms with van der Waals surface area (Å²) in [5.74, 6) is -1.95. The minimum atomic E-state index is -1.83. The van der Waals surface area contributed by atoms with Crippen LogP contribution in [0.25, 0.3) is 11.1 Å². The van der Waals surface area contributed by atoms with E-state index in [2.05, 4.69) is 32.7 Å². The fourth-order valence-electron chi connectivity index (χ4n) is 3.85. The maximum absolute atomic E-state index is 12.3. The molecule has 180 valence electrons. The Kier molecular flexibility index (Phi) is 6.74. The summed E-state index contributed by atoms with van der Waals surface area (Å²) in [4.78, 5) is 43.8. The number of aliphatic carboxylic acids is 1. The van der Waals surface area contributed by atoms with Crippen LogP contribution in [0.2, 0.25) is 0 Å². The first-order valence-electron chi connectivity index (χ1n) is 10.9. The van der Waals surface area contributed by atoms with Gasteiger partial charge in [-0.1, -0.05) is 48.5 Å². The molecule has 0 saturated heterocycles. The van der Waals surface area contributed by atoms with Gasteiger partial charge in [0.05, 0.1) is 18.7 Å². The predicted molar refractivity (Wildman–Crippen MR) is 125 cm³/mol. The average molecular weight is 476 g/mol. The summed E-state index contributed by atoms with van der Waals surface area (Å²) in [6, 6.07) is 16.1. The summed E-state index contributed by atoms with van der Waals surface area (Å²) in [6.07, 6.45) is 1.78. The van der Waals surface area contributed by atoms with E-state index in [1.165, 1.54) is 19.3 Å². The number of aliphatic hydroxyl groups excluding tert-OH is 1. The Morgan fingerprint density at radius 2 is 1.57 bits per heavy atom. The van der Waals surface area contributed by atoms with E-state index in [9.17, 15) is 19.5 Å². The number of aromatic nitrogens is 2. The third-order valence-electron chi connectivity index (χ3n) is 5.88. The van der Waals surface area contributed by atoms with Crippen LogP contribution in [0.15, 0.2) is 60.9 Å². The third kappa shape index (κ3) is 4.97. The number of amides is 2. The van der Waals surface area contributed by atoms with Crippen molar-refractivity contribution in [3.05, 3.63) is 83.4 Å². The summed E-state index contributed by atoms with van der Waals surface area (Å²) in [5, 5.41) is 23.2. The van der Waals surface area contributed by atoms with Crippen LogP contribution in [0.5, 0.6) is 0 Å². The Bertz CT molecular complexity index is 1220. The molecule has 0 fully saturated rings. The van der Waals surface area contributed by atoms with E-state index in [0.29, 0.717) is 0 Å². The molecule has 0 spiro atoms. The number of carboxylic acids is 1. The van der Waals surface area contributed by atoms with Gasteiger partial charge in [-0.05, 0) is 29.2 Å². The smallest absolute Gasteiger partial charge is 0.407 e. The molecule has 1 unspecified atom stereocenters. The zero-order valence-corrected chi connectivity index (χ0v) is 18.9. The van der Waals surface area contributed by atoms with Crippen molar-refractivity contribution < 1.29 is 29.3 Å². The normalized spacial score (nSPS) is 13.8. The van der Waals surface area contributed by atoms with Crippen molar-refractivity contribution in [2.45, 2.75) is 24.9 Å². The number of rotatable bonds is 8. The second-order valence-electron chi connectivity index (χ2n) is 8.32. The van der Waals surface area contributed by atoms with Gasteiger partial charge in [-0.3, -0.25) is 4.79 Å². The van der Waals surface area contributed by atoms with E-state index in [-0.39, 0.29) is 30.5 Å². The monoisotopic (exact) mass is 476 g/mol. The number of carboxylic acid groups (broad SMARTS) is 1. The number of nitrogens with zero attached hydrogens (tertiary/aromatic N) is 2. The second-order valence-corrected chi connectivity index (χ2v) is 8.32. The molecule has 0 bridgehead atoms. The van der Waals surface area contributed by atoms with Crippen LogP contribution in [-0.2, 0) is 16.1 Å². The summed E-state index contributed by atoms with van der Waals surface area (Å²) in [5.41, 5.74) is 2.67. The third-order valence-corrected chi connectivity index (χ3v) is 5.88. The molecular formula is C25H24N4O6. The van der Waals surface area contributed by atoms with E-state index >= 15 is 0 Å². The Balaban J connectivity index is 1.31. The molecule has 35 heavy (non-hydrogen) atoms. The summed E-state index contributed by atoms with van der Waals surface area (Å²) < 4.78 is 5.46. The zero-order chi connectivity index (χ0) is 25.0. The number of ether oxygens (including phenoxy) is 1. The molecular weight excluding hydrogens is 452 g/mol. The highest BCUT2D eigenvalue weighted by molar-refractivity contribution is 5.97. The van der Waals surface area contributed by atoms with Gasteiger partial charge in [-0.2, -0.15) is 0 Å². The zero-order valence-electron chi connectivity index (χ0n) is 18.9. The molecule has 1 heterocycles. The van der Waals surface area contributed by atoms with Crippen LogP contribution >= 0.6 is 0 Å². The van der Waals surface area contributed by atoms with Gasteiger partial charge in [0, 0.05) is 18.3 Å². The van der Waals surface area contributed by atoms with Crippen LogP contribution in [0.4, 0.5) is 4.79 Å². The summed E-state index contributed by atoms with van der Waals surface area (Å²) >= 11 is 0. The van der Waals surface area contributed by atoms with E-state index in [0.717, 1.165) is 22.3 Å². The predicted octanol–water partition coefficient (Wildman–Crippen LogP) is 2.08. The summed E-state index contributed by atoms with van der Waals surface area (Å²) in [7, 11) is 0. The average Bonchev–Trinajstić information content (AvgIpc) is 3.20. The van der Waals surface area contributed by atoms with Crippen molar-refractivity contribution in [3.63, 3.8) is 0 Å². The van der Waals surface area contributed by atoms with Crippen molar-refractivity contribution in [1.82, 2.24) is 20.6 Å². The van der Waals surface area contributed by atoms with Gasteiger partial charge in [0.15, 0.2) is 5.54 Å².